The fourth-order valence-electron chi connectivity index (χ4n) is 3.27. The molecule has 2 N–H and O–H groups in total. The first-order valence-electron chi connectivity index (χ1n) is 8.17. The maximum Gasteiger partial charge on any atom is 0.244 e. The van der Waals surface area contributed by atoms with Gasteiger partial charge in [-0.25, -0.2) is 0 Å². The first-order valence-corrected chi connectivity index (χ1v) is 9.32. The summed E-state index contributed by atoms with van der Waals surface area (Å²) in [4.78, 5) is 17.5. The Kier molecular flexibility index (Phi) is 5.39. The zero-order chi connectivity index (χ0) is 15.4. The minimum Gasteiger partial charge on any atom is -0.341 e. The molecule has 2 saturated heterocycles. The fraction of sp³-hybridized carbons (Fsp3) is 0.588. The number of carbonyl (C=O) groups is 1. The Labute approximate surface area is 137 Å². The molecule has 5 heteroatoms. The first kappa shape index (κ1) is 15.8. The second kappa shape index (κ2) is 7.49. The molecule has 1 atom stereocenters. The predicted octanol–water partition coefficient (Wildman–Crippen LogP) is 1.73. The number of hydrogen-bond donors (Lipinski definition) is 1. The minimum atomic E-state index is -0.128. The topological polar surface area (TPSA) is 49.6 Å². The Morgan fingerprint density at radius 3 is 2.36 bits per heavy atom. The smallest absolute Gasteiger partial charge is 0.244 e. The summed E-state index contributed by atoms with van der Waals surface area (Å²) in [6.45, 7) is 3.57. The number of nitrogens with zero attached hydrogens (tertiary/aromatic N) is 2. The standard InChI is InChI=1S/C17H25N3OS/c18-15-6-8-20(9-7-15)17(21)16(14-4-2-1-3-5-14)19-10-12-22-13-11-19/h1-5,15-16H,6-13,18H2. The maximum absolute atomic E-state index is 13.1. The van der Waals surface area contributed by atoms with Gasteiger partial charge in [0.25, 0.3) is 0 Å². The number of benzene rings is 1. The molecule has 0 bridgehead atoms. The van der Waals surface area contributed by atoms with Gasteiger partial charge in [0.05, 0.1) is 0 Å². The van der Waals surface area contributed by atoms with E-state index in [0.29, 0.717) is 0 Å². The van der Waals surface area contributed by atoms with E-state index >= 15 is 0 Å². The highest BCUT2D eigenvalue weighted by Crippen LogP contribution is 2.27. The van der Waals surface area contributed by atoms with Crippen LogP contribution in [0, 0.1) is 0 Å². The van der Waals surface area contributed by atoms with E-state index in [2.05, 4.69) is 17.0 Å². The number of amides is 1. The molecule has 1 aromatic rings. The van der Waals surface area contributed by atoms with Crippen molar-refractivity contribution in [3.8, 4) is 0 Å². The summed E-state index contributed by atoms with van der Waals surface area (Å²) in [5.41, 5.74) is 7.10. The van der Waals surface area contributed by atoms with Gasteiger partial charge in [0, 0.05) is 43.7 Å². The molecule has 2 aliphatic heterocycles. The van der Waals surface area contributed by atoms with Crippen LogP contribution in [-0.4, -0.2) is 59.4 Å². The van der Waals surface area contributed by atoms with Gasteiger partial charge in [0.15, 0.2) is 0 Å². The Hall–Kier alpha value is -1.04. The van der Waals surface area contributed by atoms with Crippen LogP contribution < -0.4 is 5.73 Å². The number of hydrogen-bond acceptors (Lipinski definition) is 4. The molecule has 0 radical (unpaired) electrons. The lowest BCUT2D eigenvalue weighted by molar-refractivity contribution is -0.138. The summed E-state index contributed by atoms with van der Waals surface area (Å²) in [5, 5.41) is 0. The second-order valence-electron chi connectivity index (χ2n) is 6.12. The van der Waals surface area contributed by atoms with E-state index in [1.807, 2.05) is 34.9 Å². The van der Waals surface area contributed by atoms with Crippen LogP contribution in [0.4, 0.5) is 0 Å². The molecule has 0 spiro atoms. The zero-order valence-electron chi connectivity index (χ0n) is 13.0. The van der Waals surface area contributed by atoms with Crippen molar-refractivity contribution in [2.75, 3.05) is 37.7 Å². The Morgan fingerprint density at radius 1 is 1.09 bits per heavy atom. The van der Waals surface area contributed by atoms with Gasteiger partial charge in [-0.1, -0.05) is 30.3 Å². The van der Waals surface area contributed by atoms with Crippen LogP contribution in [0.5, 0.6) is 0 Å². The molecule has 2 fully saturated rings. The maximum atomic E-state index is 13.1. The number of thioether (sulfide) groups is 1. The van der Waals surface area contributed by atoms with Crippen molar-refractivity contribution >= 4 is 17.7 Å². The van der Waals surface area contributed by atoms with Crippen LogP contribution in [0.1, 0.15) is 24.4 Å². The SMILES string of the molecule is NC1CCN(C(=O)C(c2ccccc2)N2CCSCC2)CC1. The minimum absolute atomic E-state index is 0.128. The van der Waals surface area contributed by atoms with E-state index in [1.54, 1.807) is 0 Å². The molecule has 2 aliphatic rings. The number of likely N-dealkylation sites (tertiary alicyclic amines) is 1. The van der Waals surface area contributed by atoms with Gasteiger partial charge in [-0.2, -0.15) is 11.8 Å². The molecule has 1 aromatic carbocycles. The van der Waals surface area contributed by atoms with Crippen molar-refractivity contribution in [3.63, 3.8) is 0 Å². The summed E-state index contributed by atoms with van der Waals surface area (Å²) < 4.78 is 0. The molecule has 1 unspecified atom stereocenters. The van der Waals surface area contributed by atoms with Crippen molar-refractivity contribution in [2.45, 2.75) is 24.9 Å². The number of nitrogens with two attached hydrogens (primary N) is 1. The van der Waals surface area contributed by atoms with E-state index in [0.717, 1.165) is 56.1 Å². The van der Waals surface area contributed by atoms with Crippen LogP contribution in [0.3, 0.4) is 0 Å². The summed E-state index contributed by atoms with van der Waals surface area (Å²) in [6, 6.07) is 10.4. The van der Waals surface area contributed by atoms with Crippen molar-refractivity contribution in [3.05, 3.63) is 35.9 Å². The van der Waals surface area contributed by atoms with Crippen LogP contribution in [0.15, 0.2) is 30.3 Å². The van der Waals surface area contributed by atoms with Crippen LogP contribution in [-0.2, 0) is 4.79 Å². The van der Waals surface area contributed by atoms with Crippen LogP contribution in [0.25, 0.3) is 0 Å². The van der Waals surface area contributed by atoms with Gasteiger partial charge < -0.3 is 10.6 Å². The van der Waals surface area contributed by atoms with Crippen molar-refractivity contribution in [1.82, 2.24) is 9.80 Å². The van der Waals surface area contributed by atoms with Crippen molar-refractivity contribution in [2.24, 2.45) is 5.73 Å². The molecule has 22 heavy (non-hydrogen) atoms. The lowest BCUT2D eigenvalue weighted by Crippen LogP contribution is -2.49. The first-order chi connectivity index (χ1) is 10.8. The fourth-order valence-corrected chi connectivity index (χ4v) is 4.20. The average Bonchev–Trinajstić information content (AvgIpc) is 2.57. The van der Waals surface area contributed by atoms with Gasteiger partial charge in [-0.05, 0) is 18.4 Å². The monoisotopic (exact) mass is 319 g/mol. The number of rotatable bonds is 3. The number of carbonyl (C=O) groups excluding carboxylic acids is 1. The van der Waals surface area contributed by atoms with Gasteiger partial charge in [0.1, 0.15) is 6.04 Å². The van der Waals surface area contributed by atoms with E-state index in [-0.39, 0.29) is 18.0 Å². The Bertz CT molecular complexity index is 482. The molecule has 120 valence electrons. The number of piperidine rings is 1. The summed E-state index contributed by atoms with van der Waals surface area (Å²) in [5.74, 6) is 2.48. The molecule has 1 amide bonds. The highest BCUT2D eigenvalue weighted by molar-refractivity contribution is 7.99. The Balaban J connectivity index is 1.79. The zero-order valence-corrected chi connectivity index (χ0v) is 13.8. The van der Waals surface area contributed by atoms with Gasteiger partial charge in [0.2, 0.25) is 5.91 Å². The third-order valence-corrected chi connectivity index (χ3v) is 5.55. The molecule has 0 saturated carbocycles. The summed E-state index contributed by atoms with van der Waals surface area (Å²) >= 11 is 1.98. The van der Waals surface area contributed by atoms with E-state index < -0.39 is 0 Å². The van der Waals surface area contributed by atoms with Crippen LogP contribution >= 0.6 is 11.8 Å². The predicted molar refractivity (Wildman–Crippen MR) is 91.9 cm³/mol. The molecular formula is C17H25N3OS. The van der Waals surface area contributed by atoms with E-state index in [4.69, 9.17) is 5.73 Å². The quantitative estimate of drug-likeness (QED) is 0.922. The largest absolute Gasteiger partial charge is 0.341 e. The average molecular weight is 319 g/mol. The summed E-state index contributed by atoms with van der Waals surface area (Å²) in [6.07, 6.45) is 1.84. The molecule has 2 heterocycles. The van der Waals surface area contributed by atoms with E-state index in [9.17, 15) is 4.79 Å². The third-order valence-electron chi connectivity index (χ3n) is 4.61. The van der Waals surface area contributed by atoms with Crippen molar-refractivity contribution < 1.29 is 4.79 Å². The lowest BCUT2D eigenvalue weighted by Gasteiger charge is -2.38. The molecule has 4 nitrogen and oxygen atoms in total. The third kappa shape index (κ3) is 3.65. The normalized spacial score (nSPS) is 22.5. The molecule has 3 rings (SSSR count). The van der Waals surface area contributed by atoms with Gasteiger partial charge in [-0.15, -0.1) is 0 Å². The molecule has 0 aliphatic carbocycles. The Morgan fingerprint density at radius 2 is 1.73 bits per heavy atom. The molecule has 0 aromatic heterocycles. The van der Waals surface area contributed by atoms with E-state index in [1.165, 1.54) is 0 Å². The van der Waals surface area contributed by atoms with Gasteiger partial charge in [-0.3, -0.25) is 9.69 Å². The van der Waals surface area contributed by atoms with Gasteiger partial charge >= 0.3 is 0 Å². The second-order valence-corrected chi connectivity index (χ2v) is 7.35. The highest BCUT2D eigenvalue weighted by atomic mass is 32.2. The highest BCUT2D eigenvalue weighted by Gasteiger charge is 2.33. The van der Waals surface area contributed by atoms with Crippen molar-refractivity contribution in [1.29, 1.82) is 0 Å². The molecular weight excluding hydrogens is 294 g/mol. The summed E-state index contributed by atoms with van der Waals surface area (Å²) in [7, 11) is 0. The van der Waals surface area contributed by atoms with Crippen LogP contribution in [0.2, 0.25) is 0 Å². The lowest BCUT2D eigenvalue weighted by atomic mass is 10.0.